The van der Waals surface area contributed by atoms with E-state index in [1.54, 1.807) is 22.7 Å². The highest BCUT2D eigenvalue weighted by atomic mass is 32.2. The molecule has 0 unspecified atom stereocenters. The van der Waals surface area contributed by atoms with Crippen molar-refractivity contribution in [2.75, 3.05) is 0 Å². The van der Waals surface area contributed by atoms with Crippen LogP contribution in [0, 0.1) is 18.6 Å². The quantitative estimate of drug-likeness (QED) is 0.362. The van der Waals surface area contributed by atoms with Crippen molar-refractivity contribution in [1.29, 1.82) is 0 Å². The molecule has 0 radical (unpaired) electrons. The Balaban J connectivity index is 1.50. The summed E-state index contributed by atoms with van der Waals surface area (Å²) in [6, 6.07) is 11.2. The minimum atomic E-state index is -0.448. The summed E-state index contributed by atoms with van der Waals surface area (Å²) in [5.74, 6) is -0.578. The van der Waals surface area contributed by atoms with Crippen molar-refractivity contribution in [2.24, 2.45) is 0 Å². The second kappa shape index (κ2) is 7.84. The number of aryl methyl sites for hydroxylation is 1. The van der Waals surface area contributed by atoms with Crippen LogP contribution in [0.5, 0.6) is 0 Å². The summed E-state index contributed by atoms with van der Waals surface area (Å²) in [4.78, 5) is 6.74. The number of thiazole rings is 1. The number of aromatic nitrogens is 3. The fourth-order valence-electron chi connectivity index (χ4n) is 2.46. The summed E-state index contributed by atoms with van der Waals surface area (Å²) in [5.41, 5.74) is 1.98. The van der Waals surface area contributed by atoms with E-state index in [0.717, 1.165) is 38.3 Å². The first-order chi connectivity index (χ1) is 13.1. The molecule has 27 heavy (non-hydrogen) atoms. The molecule has 3 heterocycles. The van der Waals surface area contributed by atoms with Gasteiger partial charge in [0.2, 0.25) is 0 Å². The molecule has 0 fully saturated rings. The van der Waals surface area contributed by atoms with E-state index in [2.05, 4.69) is 15.2 Å². The molecule has 0 aliphatic heterocycles. The third-order valence-electron chi connectivity index (χ3n) is 3.78. The molecule has 3 aromatic heterocycles. The molecule has 0 aliphatic carbocycles. The molecule has 0 spiro atoms. The van der Waals surface area contributed by atoms with Gasteiger partial charge in [-0.3, -0.25) is 0 Å². The van der Waals surface area contributed by atoms with E-state index >= 15 is 0 Å². The van der Waals surface area contributed by atoms with Gasteiger partial charge in [-0.15, -0.1) is 32.9 Å². The second-order valence-electron chi connectivity index (χ2n) is 5.69. The van der Waals surface area contributed by atoms with Crippen LogP contribution >= 0.6 is 34.4 Å². The number of benzene rings is 1. The van der Waals surface area contributed by atoms with Gasteiger partial charge < -0.3 is 0 Å². The van der Waals surface area contributed by atoms with Gasteiger partial charge in [0.25, 0.3) is 0 Å². The SMILES string of the molecule is Cc1nc(-c2cccs2)sc1-c1ccc(SCc2cc(F)ccc2F)nn1. The molecule has 0 atom stereocenters. The number of thiophene rings is 1. The van der Waals surface area contributed by atoms with E-state index in [4.69, 9.17) is 0 Å². The maximum atomic E-state index is 13.7. The van der Waals surface area contributed by atoms with E-state index < -0.39 is 11.6 Å². The first-order valence-corrected chi connectivity index (χ1v) is 10.7. The van der Waals surface area contributed by atoms with Gasteiger partial charge in [-0.2, -0.15) is 0 Å². The zero-order chi connectivity index (χ0) is 18.8. The minimum absolute atomic E-state index is 0.291. The Morgan fingerprint density at radius 2 is 1.96 bits per heavy atom. The lowest BCUT2D eigenvalue weighted by Crippen LogP contribution is -1.92. The molecule has 136 valence electrons. The molecule has 3 nitrogen and oxygen atoms in total. The van der Waals surface area contributed by atoms with Crippen LogP contribution in [0.1, 0.15) is 11.3 Å². The van der Waals surface area contributed by atoms with Crippen LogP contribution in [0.3, 0.4) is 0 Å². The van der Waals surface area contributed by atoms with Gasteiger partial charge in [-0.05, 0) is 48.7 Å². The second-order valence-corrected chi connectivity index (χ2v) is 8.63. The van der Waals surface area contributed by atoms with Crippen molar-refractivity contribution in [1.82, 2.24) is 15.2 Å². The van der Waals surface area contributed by atoms with Gasteiger partial charge in [-0.1, -0.05) is 17.8 Å². The largest absolute Gasteiger partial charge is 0.240 e. The fraction of sp³-hybridized carbons (Fsp3) is 0.105. The number of hydrogen-bond acceptors (Lipinski definition) is 6. The zero-order valence-electron chi connectivity index (χ0n) is 14.1. The molecule has 0 saturated carbocycles. The monoisotopic (exact) mass is 417 g/mol. The van der Waals surface area contributed by atoms with Crippen molar-refractivity contribution in [3.63, 3.8) is 0 Å². The lowest BCUT2D eigenvalue weighted by Gasteiger charge is -2.03. The summed E-state index contributed by atoms with van der Waals surface area (Å²) in [6.07, 6.45) is 0. The lowest BCUT2D eigenvalue weighted by atomic mass is 10.2. The predicted molar refractivity (Wildman–Crippen MR) is 107 cm³/mol. The predicted octanol–water partition coefficient (Wildman–Crippen LogP) is 6.21. The topological polar surface area (TPSA) is 38.7 Å². The van der Waals surface area contributed by atoms with Gasteiger partial charge in [-0.25, -0.2) is 13.8 Å². The van der Waals surface area contributed by atoms with Crippen LogP contribution in [0.15, 0.2) is 52.9 Å². The van der Waals surface area contributed by atoms with Gasteiger partial charge >= 0.3 is 0 Å². The van der Waals surface area contributed by atoms with E-state index in [1.165, 1.54) is 17.8 Å². The average Bonchev–Trinajstić information content (AvgIpc) is 3.33. The summed E-state index contributed by atoms with van der Waals surface area (Å²) in [7, 11) is 0. The molecule has 0 bridgehead atoms. The molecule has 0 amide bonds. The molecule has 0 aliphatic rings. The number of rotatable bonds is 5. The van der Waals surface area contributed by atoms with Crippen LogP contribution in [-0.2, 0) is 5.75 Å². The Bertz CT molecular complexity index is 1060. The van der Waals surface area contributed by atoms with Crippen molar-refractivity contribution < 1.29 is 8.78 Å². The number of hydrogen-bond donors (Lipinski definition) is 0. The Morgan fingerprint density at radius 1 is 1.07 bits per heavy atom. The average molecular weight is 418 g/mol. The van der Waals surface area contributed by atoms with Crippen LogP contribution < -0.4 is 0 Å². The van der Waals surface area contributed by atoms with Crippen LogP contribution in [-0.4, -0.2) is 15.2 Å². The van der Waals surface area contributed by atoms with E-state index in [1.807, 2.05) is 36.6 Å². The minimum Gasteiger partial charge on any atom is -0.240 e. The van der Waals surface area contributed by atoms with E-state index in [9.17, 15) is 8.78 Å². The van der Waals surface area contributed by atoms with Crippen molar-refractivity contribution in [3.05, 3.63) is 70.7 Å². The Kier molecular flexibility index (Phi) is 5.29. The fourth-order valence-corrected chi connectivity index (χ4v) is 5.08. The summed E-state index contributed by atoms with van der Waals surface area (Å²) < 4.78 is 26.9. The zero-order valence-corrected chi connectivity index (χ0v) is 16.6. The highest BCUT2D eigenvalue weighted by Crippen LogP contribution is 2.36. The Hall–Kier alpha value is -2.16. The Labute approximate surface area is 167 Å². The molecule has 1 aromatic carbocycles. The number of halogens is 2. The summed E-state index contributed by atoms with van der Waals surface area (Å²) >= 11 is 4.56. The maximum absolute atomic E-state index is 13.7. The van der Waals surface area contributed by atoms with Crippen molar-refractivity contribution in [3.8, 4) is 20.5 Å². The van der Waals surface area contributed by atoms with Gasteiger partial charge in [0.15, 0.2) is 0 Å². The maximum Gasteiger partial charge on any atom is 0.134 e. The van der Waals surface area contributed by atoms with Gasteiger partial charge in [0, 0.05) is 11.3 Å². The van der Waals surface area contributed by atoms with Gasteiger partial charge in [0.05, 0.1) is 15.4 Å². The van der Waals surface area contributed by atoms with Gasteiger partial charge in [0.1, 0.15) is 27.4 Å². The standard InChI is InChI=1S/C19H13F2N3S3/c1-11-18(27-19(22-11)16-3-2-8-25-16)15-6-7-17(24-23-15)26-10-12-9-13(20)4-5-14(12)21/h2-9H,10H2,1H3. The molecule has 4 aromatic rings. The molecular weight excluding hydrogens is 404 g/mol. The van der Waals surface area contributed by atoms with Crippen LogP contribution in [0.4, 0.5) is 8.78 Å². The van der Waals surface area contributed by atoms with E-state index in [0.29, 0.717) is 16.3 Å². The third kappa shape index (κ3) is 4.07. The molecule has 0 saturated heterocycles. The van der Waals surface area contributed by atoms with E-state index in [-0.39, 0.29) is 0 Å². The normalized spacial score (nSPS) is 11.1. The van der Waals surface area contributed by atoms with Crippen molar-refractivity contribution >= 4 is 34.4 Å². The smallest absolute Gasteiger partial charge is 0.134 e. The first-order valence-electron chi connectivity index (χ1n) is 8.02. The third-order valence-corrected chi connectivity index (χ3v) is 6.97. The van der Waals surface area contributed by atoms with Crippen LogP contribution in [0.25, 0.3) is 20.5 Å². The summed E-state index contributed by atoms with van der Waals surface area (Å²) in [5, 5.41) is 12.2. The number of thioether (sulfide) groups is 1. The highest BCUT2D eigenvalue weighted by molar-refractivity contribution is 7.98. The molecule has 0 N–H and O–H groups in total. The first kappa shape index (κ1) is 18.2. The van der Waals surface area contributed by atoms with Crippen LogP contribution in [0.2, 0.25) is 0 Å². The number of nitrogens with zero attached hydrogens (tertiary/aromatic N) is 3. The lowest BCUT2D eigenvalue weighted by molar-refractivity contribution is 0.591. The highest BCUT2D eigenvalue weighted by Gasteiger charge is 2.14. The molecular formula is C19H13F2N3S3. The van der Waals surface area contributed by atoms with Crippen molar-refractivity contribution in [2.45, 2.75) is 17.7 Å². The summed E-state index contributed by atoms with van der Waals surface area (Å²) in [6.45, 7) is 1.96. The Morgan fingerprint density at radius 3 is 2.70 bits per heavy atom. The molecule has 8 heteroatoms. The molecule has 4 rings (SSSR count).